The molecule has 2 aromatic rings. The highest BCUT2D eigenvalue weighted by molar-refractivity contribution is 7.08. The molecule has 3 amide bonds. The zero-order valence-electron chi connectivity index (χ0n) is 14.0. The van der Waals surface area contributed by atoms with Crippen molar-refractivity contribution in [2.45, 2.75) is 25.3 Å². The first-order chi connectivity index (χ1) is 12.2. The predicted octanol–water partition coefficient (Wildman–Crippen LogP) is 2.29. The van der Waals surface area contributed by atoms with Crippen molar-refractivity contribution in [2.75, 3.05) is 19.6 Å². The molecular formula is C18H22N4O2S. The Bertz CT molecular complexity index is 682. The van der Waals surface area contributed by atoms with Gasteiger partial charge < -0.3 is 15.5 Å². The number of carbonyl (C=O) groups is 2. The number of carbonyl (C=O) groups excluding carboxylic acids is 2. The summed E-state index contributed by atoms with van der Waals surface area (Å²) in [6.45, 7) is 1.92. The predicted molar refractivity (Wildman–Crippen MR) is 97.7 cm³/mol. The molecule has 0 spiro atoms. The number of nitrogens with one attached hydrogen (secondary N) is 2. The number of nitrogens with zero attached hydrogens (tertiary/aromatic N) is 2. The fraction of sp³-hybridized carbons (Fsp3) is 0.389. The number of amides is 3. The van der Waals surface area contributed by atoms with Crippen LogP contribution in [-0.2, 0) is 6.42 Å². The summed E-state index contributed by atoms with van der Waals surface area (Å²) in [5.74, 6) is -0.0272. The van der Waals surface area contributed by atoms with E-state index in [1.54, 1.807) is 6.20 Å². The highest BCUT2D eigenvalue weighted by atomic mass is 32.1. The molecule has 6 nitrogen and oxygen atoms in total. The van der Waals surface area contributed by atoms with Crippen molar-refractivity contribution in [2.24, 2.45) is 0 Å². The lowest BCUT2D eigenvalue weighted by molar-refractivity contribution is 0.0918. The van der Waals surface area contributed by atoms with E-state index in [9.17, 15) is 9.59 Å². The van der Waals surface area contributed by atoms with E-state index < -0.39 is 0 Å². The third-order valence-electron chi connectivity index (χ3n) is 4.31. The lowest BCUT2D eigenvalue weighted by Crippen LogP contribution is -2.49. The Balaban J connectivity index is 1.36. The molecule has 1 fully saturated rings. The zero-order chi connectivity index (χ0) is 17.5. The van der Waals surface area contributed by atoms with Crippen molar-refractivity contribution in [3.8, 4) is 0 Å². The van der Waals surface area contributed by atoms with Gasteiger partial charge >= 0.3 is 6.03 Å². The second-order valence-corrected chi connectivity index (χ2v) is 6.87. The van der Waals surface area contributed by atoms with E-state index in [-0.39, 0.29) is 18.0 Å². The minimum atomic E-state index is -0.0356. The number of rotatable bonds is 5. The number of pyridine rings is 1. The maximum Gasteiger partial charge on any atom is 0.317 e. The van der Waals surface area contributed by atoms with Crippen LogP contribution in [0.4, 0.5) is 4.79 Å². The Morgan fingerprint density at radius 1 is 1.28 bits per heavy atom. The van der Waals surface area contributed by atoms with Crippen LogP contribution in [0.5, 0.6) is 0 Å². The quantitative estimate of drug-likeness (QED) is 0.861. The van der Waals surface area contributed by atoms with Gasteiger partial charge in [-0.25, -0.2) is 4.79 Å². The molecule has 132 valence electrons. The second-order valence-electron chi connectivity index (χ2n) is 6.09. The van der Waals surface area contributed by atoms with Gasteiger partial charge in [0.1, 0.15) is 0 Å². The number of piperidine rings is 1. The molecule has 0 aliphatic carbocycles. The molecule has 7 heteroatoms. The van der Waals surface area contributed by atoms with Crippen LogP contribution in [0.25, 0.3) is 0 Å². The second kappa shape index (κ2) is 8.62. The summed E-state index contributed by atoms with van der Waals surface area (Å²) in [5.41, 5.74) is 1.82. The van der Waals surface area contributed by atoms with Gasteiger partial charge in [0.25, 0.3) is 5.91 Å². The van der Waals surface area contributed by atoms with Crippen LogP contribution in [0.1, 0.15) is 28.8 Å². The van der Waals surface area contributed by atoms with Gasteiger partial charge in [-0.05, 0) is 42.3 Å². The monoisotopic (exact) mass is 358 g/mol. The van der Waals surface area contributed by atoms with Crippen molar-refractivity contribution in [3.63, 3.8) is 0 Å². The fourth-order valence-corrected chi connectivity index (χ4v) is 3.50. The Labute approximate surface area is 151 Å². The Morgan fingerprint density at radius 2 is 2.12 bits per heavy atom. The maximum atomic E-state index is 12.2. The van der Waals surface area contributed by atoms with E-state index >= 15 is 0 Å². The third kappa shape index (κ3) is 5.03. The van der Waals surface area contributed by atoms with Crippen molar-refractivity contribution >= 4 is 23.3 Å². The molecule has 1 saturated heterocycles. The molecule has 1 aliphatic heterocycles. The highest BCUT2D eigenvalue weighted by Gasteiger charge is 2.24. The van der Waals surface area contributed by atoms with E-state index in [1.807, 2.05) is 40.1 Å². The normalized spacial score (nSPS) is 15.0. The molecule has 2 aromatic heterocycles. The average molecular weight is 358 g/mol. The van der Waals surface area contributed by atoms with Crippen LogP contribution in [0, 0.1) is 0 Å². The van der Waals surface area contributed by atoms with Crippen molar-refractivity contribution in [1.82, 2.24) is 20.5 Å². The minimum absolute atomic E-state index is 0.0272. The lowest BCUT2D eigenvalue weighted by Gasteiger charge is -2.32. The molecule has 0 atom stereocenters. The molecule has 3 rings (SSSR count). The number of hydrogen-bond donors (Lipinski definition) is 2. The molecule has 0 bridgehead atoms. The molecule has 0 aromatic carbocycles. The average Bonchev–Trinajstić information content (AvgIpc) is 3.18. The summed E-state index contributed by atoms with van der Waals surface area (Å²) < 4.78 is 0. The zero-order valence-corrected chi connectivity index (χ0v) is 14.8. The molecule has 0 radical (unpaired) electrons. The first kappa shape index (κ1) is 17.4. The van der Waals surface area contributed by atoms with Crippen molar-refractivity contribution < 1.29 is 9.59 Å². The summed E-state index contributed by atoms with van der Waals surface area (Å²) in [4.78, 5) is 30.2. The van der Waals surface area contributed by atoms with Gasteiger partial charge in [-0.15, -0.1) is 0 Å². The Morgan fingerprint density at radius 3 is 2.80 bits per heavy atom. The van der Waals surface area contributed by atoms with Gasteiger partial charge in [0, 0.05) is 49.0 Å². The topological polar surface area (TPSA) is 74.3 Å². The molecule has 1 aliphatic rings. The van der Waals surface area contributed by atoms with Crippen LogP contribution in [0.3, 0.4) is 0 Å². The number of thiophene rings is 1. The maximum absolute atomic E-state index is 12.2. The van der Waals surface area contributed by atoms with Gasteiger partial charge in [0.05, 0.1) is 0 Å². The Hall–Kier alpha value is -2.41. The molecule has 2 N–H and O–H groups in total. The molecule has 25 heavy (non-hydrogen) atoms. The van der Waals surface area contributed by atoms with E-state index in [0.717, 1.165) is 24.8 Å². The number of urea groups is 1. The molecule has 0 saturated carbocycles. The van der Waals surface area contributed by atoms with E-state index in [0.29, 0.717) is 25.2 Å². The summed E-state index contributed by atoms with van der Waals surface area (Å²) in [6, 6.07) is 5.82. The Kier molecular flexibility index (Phi) is 6.00. The van der Waals surface area contributed by atoms with E-state index in [1.165, 1.54) is 11.3 Å². The molecule has 0 unspecified atom stereocenters. The van der Waals surface area contributed by atoms with E-state index in [2.05, 4.69) is 15.6 Å². The lowest BCUT2D eigenvalue weighted by atomic mass is 10.0. The molecule has 3 heterocycles. The van der Waals surface area contributed by atoms with Crippen LogP contribution in [0.15, 0.2) is 41.4 Å². The van der Waals surface area contributed by atoms with Crippen LogP contribution in [-0.4, -0.2) is 47.5 Å². The van der Waals surface area contributed by atoms with Crippen molar-refractivity contribution in [1.29, 1.82) is 0 Å². The van der Waals surface area contributed by atoms with Gasteiger partial charge in [0.15, 0.2) is 0 Å². The van der Waals surface area contributed by atoms with Gasteiger partial charge in [-0.3, -0.25) is 9.78 Å². The number of aromatic nitrogens is 1. The summed E-state index contributed by atoms with van der Waals surface area (Å²) in [6.07, 6.45) is 5.89. The number of likely N-dealkylation sites (tertiary alicyclic amines) is 1. The SMILES string of the molecule is O=C(NC1CCN(C(=O)NCCc2cccnc2)CC1)c1ccsc1. The summed E-state index contributed by atoms with van der Waals surface area (Å²) >= 11 is 1.51. The minimum Gasteiger partial charge on any atom is -0.349 e. The van der Waals surface area contributed by atoms with Crippen molar-refractivity contribution in [3.05, 3.63) is 52.5 Å². The molecular weight excluding hydrogens is 336 g/mol. The number of hydrogen-bond acceptors (Lipinski definition) is 4. The van der Waals surface area contributed by atoms with Crippen LogP contribution < -0.4 is 10.6 Å². The highest BCUT2D eigenvalue weighted by Crippen LogP contribution is 2.12. The van der Waals surface area contributed by atoms with Gasteiger partial charge in [-0.2, -0.15) is 11.3 Å². The summed E-state index contributed by atoms with van der Waals surface area (Å²) in [7, 11) is 0. The van der Waals surface area contributed by atoms with Crippen LogP contribution >= 0.6 is 11.3 Å². The standard InChI is InChI=1S/C18H22N4O2S/c23-17(15-6-11-25-13-15)21-16-4-9-22(10-5-16)18(24)20-8-3-14-2-1-7-19-12-14/h1-2,6-7,11-13,16H,3-5,8-10H2,(H,20,24)(H,21,23). The smallest absolute Gasteiger partial charge is 0.317 e. The largest absolute Gasteiger partial charge is 0.349 e. The first-order valence-corrected chi connectivity index (χ1v) is 9.41. The summed E-state index contributed by atoms with van der Waals surface area (Å²) in [5, 5.41) is 9.74. The van der Waals surface area contributed by atoms with E-state index in [4.69, 9.17) is 0 Å². The van der Waals surface area contributed by atoms with Crippen LogP contribution in [0.2, 0.25) is 0 Å². The fourth-order valence-electron chi connectivity index (χ4n) is 2.86. The first-order valence-electron chi connectivity index (χ1n) is 8.47. The third-order valence-corrected chi connectivity index (χ3v) is 5.00. The van der Waals surface area contributed by atoms with Gasteiger partial charge in [-0.1, -0.05) is 6.07 Å². The van der Waals surface area contributed by atoms with Gasteiger partial charge in [0.2, 0.25) is 0 Å².